The van der Waals surface area contributed by atoms with Gasteiger partial charge in [-0.05, 0) is 30.7 Å². The molecule has 4 heteroatoms. The quantitative estimate of drug-likeness (QED) is 0.661. The Morgan fingerprint density at radius 2 is 2.19 bits per heavy atom. The summed E-state index contributed by atoms with van der Waals surface area (Å²) in [5, 5.41) is 0.605. The highest BCUT2D eigenvalue weighted by atomic mass is 35.5. The first kappa shape index (κ1) is 11.4. The summed E-state index contributed by atoms with van der Waals surface area (Å²) in [6, 6.07) is 7.69. The SMILES string of the molecule is Cc1occc1SCc1ccc(Cl)c(N)c1. The maximum atomic E-state index is 5.86. The van der Waals surface area contributed by atoms with Crippen molar-refractivity contribution in [2.24, 2.45) is 0 Å². The zero-order valence-corrected chi connectivity index (χ0v) is 10.4. The van der Waals surface area contributed by atoms with Crippen LogP contribution in [0.1, 0.15) is 11.3 Å². The third kappa shape index (κ3) is 2.54. The fourth-order valence-corrected chi connectivity index (χ4v) is 2.39. The Balaban J connectivity index is 2.05. The van der Waals surface area contributed by atoms with Crippen LogP contribution in [0.4, 0.5) is 5.69 Å². The van der Waals surface area contributed by atoms with Gasteiger partial charge in [0.1, 0.15) is 5.76 Å². The molecular weight excluding hydrogens is 242 g/mol. The first-order chi connectivity index (χ1) is 7.66. The van der Waals surface area contributed by atoms with Crippen LogP contribution < -0.4 is 5.73 Å². The van der Waals surface area contributed by atoms with Crippen LogP contribution in [-0.4, -0.2) is 0 Å². The third-order valence-corrected chi connectivity index (χ3v) is 3.82. The van der Waals surface area contributed by atoms with E-state index in [4.69, 9.17) is 21.8 Å². The van der Waals surface area contributed by atoms with Gasteiger partial charge in [0.05, 0.1) is 17.0 Å². The van der Waals surface area contributed by atoms with Crippen LogP contribution in [0.2, 0.25) is 5.02 Å². The molecule has 2 nitrogen and oxygen atoms in total. The molecule has 0 fully saturated rings. The zero-order valence-electron chi connectivity index (χ0n) is 8.87. The number of nitrogen functional groups attached to an aromatic ring is 1. The summed E-state index contributed by atoms with van der Waals surface area (Å²) in [5.74, 6) is 1.81. The van der Waals surface area contributed by atoms with Gasteiger partial charge in [0, 0.05) is 10.6 Å². The van der Waals surface area contributed by atoms with Gasteiger partial charge in [-0.25, -0.2) is 0 Å². The molecule has 0 atom stereocenters. The molecule has 1 aromatic heterocycles. The average molecular weight is 254 g/mol. The van der Waals surface area contributed by atoms with Crippen molar-refractivity contribution in [3.05, 3.63) is 46.9 Å². The predicted molar refractivity (Wildman–Crippen MR) is 68.9 cm³/mol. The van der Waals surface area contributed by atoms with Crippen molar-refractivity contribution in [1.29, 1.82) is 0 Å². The van der Waals surface area contributed by atoms with Gasteiger partial charge in [0.15, 0.2) is 0 Å². The molecule has 2 N–H and O–H groups in total. The second kappa shape index (κ2) is 4.85. The Labute approximate surface area is 104 Å². The molecule has 1 heterocycles. The molecule has 84 valence electrons. The standard InChI is InChI=1S/C12H12ClNOS/c1-8-12(4-5-15-8)16-7-9-2-3-10(13)11(14)6-9/h2-6H,7,14H2,1H3. The number of hydrogen-bond donors (Lipinski definition) is 1. The van der Waals surface area contributed by atoms with E-state index >= 15 is 0 Å². The molecular formula is C12H12ClNOS. The minimum absolute atomic E-state index is 0.605. The van der Waals surface area contributed by atoms with E-state index < -0.39 is 0 Å². The smallest absolute Gasteiger partial charge is 0.114 e. The lowest BCUT2D eigenvalue weighted by molar-refractivity contribution is 0.527. The van der Waals surface area contributed by atoms with Crippen LogP contribution >= 0.6 is 23.4 Å². The van der Waals surface area contributed by atoms with E-state index in [9.17, 15) is 0 Å². The number of rotatable bonds is 3. The minimum Gasteiger partial charge on any atom is -0.468 e. The molecule has 0 bridgehead atoms. The Morgan fingerprint density at radius 3 is 2.81 bits per heavy atom. The highest BCUT2D eigenvalue weighted by molar-refractivity contribution is 7.98. The molecule has 0 unspecified atom stereocenters. The topological polar surface area (TPSA) is 39.2 Å². The highest BCUT2D eigenvalue weighted by Crippen LogP contribution is 2.28. The summed E-state index contributed by atoms with van der Waals surface area (Å²) >= 11 is 7.59. The Morgan fingerprint density at radius 1 is 1.38 bits per heavy atom. The van der Waals surface area contributed by atoms with Crippen molar-refractivity contribution in [2.75, 3.05) is 5.73 Å². The monoisotopic (exact) mass is 253 g/mol. The molecule has 2 aromatic rings. The zero-order chi connectivity index (χ0) is 11.5. The number of halogens is 1. The molecule has 0 saturated heterocycles. The summed E-state index contributed by atoms with van der Waals surface area (Å²) in [6.07, 6.45) is 1.70. The van der Waals surface area contributed by atoms with E-state index in [0.717, 1.165) is 22.0 Å². The molecule has 0 radical (unpaired) electrons. The van der Waals surface area contributed by atoms with Crippen molar-refractivity contribution in [3.63, 3.8) is 0 Å². The van der Waals surface area contributed by atoms with E-state index in [0.29, 0.717) is 10.7 Å². The van der Waals surface area contributed by atoms with E-state index in [1.807, 2.05) is 31.2 Å². The van der Waals surface area contributed by atoms with Gasteiger partial charge in [-0.3, -0.25) is 0 Å². The molecule has 0 aliphatic heterocycles. The van der Waals surface area contributed by atoms with Crippen LogP contribution in [-0.2, 0) is 5.75 Å². The maximum Gasteiger partial charge on any atom is 0.114 e. The summed E-state index contributed by atoms with van der Waals surface area (Å²) < 4.78 is 5.23. The second-order valence-electron chi connectivity index (χ2n) is 3.49. The average Bonchev–Trinajstić information content (AvgIpc) is 2.66. The lowest BCUT2D eigenvalue weighted by Crippen LogP contribution is -1.88. The number of thioether (sulfide) groups is 1. The first-order valence-electron chi connectivity index (χ1n) is 4.87. The van der Waals surface area contributed by atoms with Crippen LogP contribution in [0.25, 0.3) is 0 Å². The van der Waals surface area contributed by atoms with Gasteiger partial charge in [0.25, 0.3) is 0 Å². The summed E-state index contributed by atoms with van der Waals surface area (Å²) in [5.41, 5.74) is 7.53. The summed E-state index contributed by atoms with van der Waals surface area (Å²) in [4.78, 5) is 1.16. The van der Waals surface area contributed by atoms with Gasteiger partial charge in [-0.2, -0.15) is 0 Å². The first-order valence-corrected chi connectivity index (χ1v) is 6.24. The van der Waals surface area contributed by atoms with Gasteiger partial charge < -0.3 is 10.2 Å². The van der Waals surface area contributed by atoms with Gasteiger partial charge in [-0.15, -0.1) is 11.8 Å². The van der Waals surface area contributed by atoms with Gasteiger partial charge >= 0.3 is 0 Å². The van der Waals surface area contributed by atoms with E-state index in [-0.39, 0.29) is 0 Å². The molecule has 0 spiro atoms. The van der Waals surface area contributed by atoms with Gasteiger partial charge in [0.2, 0.25) is 0 Å². The molecule has 2 rings (SSSR count). The molecule has 16 heavy (non-hydrogen) atoms. The molecule has 0 aliphatic rings. The maximum absolute atomic E-state index is 5.86. The molecule has 0 aliphatic carbocycles. The van der Waals surface area contributed by atoms with E-state index in [1.54, 1.807) is 18.0 Å². The Kier molecular flexibility index (Phi) is 3.46. The highest BCUT2D eigenvalue weighted by Gasteiger charge is 2.03. The van der Waals surface area contributed by atoms with E-state index in [1.165, 1.54) is 0 Å². The normalized spacial score (nSPS) is 10.6. The Bertz CT molecular complexity index is 496. The fourth-order valence-electron chi connectivity index (χ4n) is 1.37. The van der Waals surface area contributed by atoms with Crippen LogP contribution in [0, 0.1) is 6.92 Å². The lowest BCUT2D eigenvalue weighted by Gasteiger charge is -2.03. The van der Waals surface area contributed by atoms with Crippen LogP contribution in [0.3, 0.4) is 0 Å². The van der Waals surface area contributed by atoms with Crippen LogP contribution in [0.5, 0.6) is 0 Å². The summed E-state index contributed by atoms with van der Waals surface area (Å²) in [7, 11) is 0. The summed E-state index contributed by atoms with van der Waals surface area (Å²) in [6.45, 7) is 1.96. The Hall–Kier alpha value is -1.06. The molecule has 0 amide bonds. The minimum atomic E-state index is 0.605. The number of nitrogens with two attached hydrogens (primary N) is 1. The van der Waals surface area contributed by atoms with Crippen molar-refractivity contribution in [1.82, 2.24) is 0 Å². The number of hydrogen-bond acceptors (Lipinski definition) is 3. The second-order valence-corrected chi connectivity index (χ2v) is 4.91. The molecule has 1 aromatic carbocycles. The number of aryl methyl sites for hydroxylation is 1. The van der Waals surface area contributed by atoms with Crippen LogP contribution in [0.15, 0.2) is 39.8 Å². The predicted octanol–water partition coefficient (Wildman–Crippen LogP) is 4.12. The van der Waals surface area contributed by atoms with Crippen molar-refractivity contribution < 1.29 is 4.42 Å². The van der Waals surface area contributed by atoms with Crippen molar-refractivity contribution in [2.45, 2.75) is 17.6 Å². The molecule has 0 saturated carbocycles. The number of furan rings is 1. The largest absolute Gasteiger partial charge is 0.468 e. The van der Waals surface area contributed by atoms with Gasteiger partial charge in [-0.1, -0.05) is 17.7 Å². The van der Waals surface area contributed by atoms with Crippen molar-refractivity contribution >= 4 is 29.1 Å². The number of anilines is 1. The lowest BCUT2D eigenvalue weighted by atomic mass is 10.2. The fraction of sp³-hybridized carbons (Fsp3) is 0.167. The number of benzene rings is 1. The third-order valence-electron chi connectivity index (χ3n) is 2.27. The van der Waals surface area contributed by atoms with Crippen molar-refractivity contribution in [3.8, 4) is 0 Å². The van der Waals surface area contributed by atoms with E-state index in [2.05, 4.69) is 0 Å².